The van der Waals surface area contributed by atoms with Crippen LogP contribution in [-0.2, 0) is 11.2 Å². The average Bonchev–Trinajstić information content (AvgIpc) is 2.59. The minimum absolute atomic E-state index is 0. The Morgan fingerprint density at radius 3 is 2.29 bits per heavy atom. The lowest BCUT2D eigenvalue weighted by molar-refractivity contribution is 0.134. The van der Waals surface area contributed by atoms with E-state index in [9.17, 15) is 0 Å². The number of rotatable bonds is 9. The van der Waals surface area contributed by atoms with Gasteiger partial charge in [0.05, 0.1) is 6.61 Å². The maximum Gasteiger partial charge on any atom is 0.193 e. The first-order chi connectivity index (χ1) is 11.3. The number of halogens is 1. The Bertz CT molecular complexity index is 576. The second kappa shape index (κ2) is 12.8. The van der Waals surface area contributed by atoms with Gasteiger partial charge in [0.25, 0.3) is 0 Å². The molecule has 0 aliphatic rings. The summed E-state index contributed by atoms with van der Waals surface area (Å²) in [4.78, 5) is 4.31. The Balaban J connectivity index is 0.00000288. The highest BCUT2D eigenvalue weighted by Crippen LogP contribution is 2.04. The summed E-state index contributed by atoms with van der Waals surface area (Å²) in [6.45, 7) is 2.26. The fourth-order valence-electron chi connectivity index (χ4n) is 2.16. The number of nitrogens with zero attached hydrogens (tertiary/aromatic N) is 1. The molecule has 5 heteroatoms. The Morgan fingerprint density at radius 1 is 0.917 bits per heavy atom. The first kappa shape index (κ1) is 20.4. The Morgan fingerprint density at radius 2 is 1.58 bits per heavy atom. The molecule has 130 valence electrons. The van der Waals surface area contributed by atoms with Crippen molar-refractivity contribution in [1.29, 1.82) is 0 Å². The van der Waals surface area contributed by atoms with Crippen molar-refractivity contribution in [2.24, 2.45) is 10.7 Å². The molecule has 2 aromatic carbocycles. The van der Waals surface area contributed by atoms with Gasteiger partial charge in [0, 0.05) is 18.8 Å². The van der Waals surface area contributed by atoms with Gasteiger partial charge in [-0.15, -0.1) is 24.0 Å². The van der Waals surface area contributed by atoms with Crippen molar-refractivity contribution in [2.75, 3.05) is 25.1 Å². The summed E-state index contributed by atoms with van der Waals surface area (Å²) in [5.41, 5.74) is 8.11. The van der Waals surface area contributed by atoms with E-state index in [-0.39, 0.29) is 24.0 Å². The fourth-order valence-corrected chi connectivity index (χ4v) is 2.16. The van der Waals surface area contributed by atoms with Crippen molar-refractivity contribution < 1.29 is 4.74 Å². The average molecular weight is 439 g/mol. The molecule has 3 N–H and O–H groups in total. The second-order valence-electron chi connectivity index (χ2n) is 5.31. The molecule has 0 saturated carbocycles. The number of nitrogens with two attached hydrogens (primary N) is 1. The molecule has 0 amide bonds. The lowest BCUT2D eigenvalue weighted by Gasteiger charge is -2.06. The summed E-state index contributed by atoms with van der Waals surface area (Å²) in [5.74, 6) is 0.459. The van der Waals surface area contributed by atoms with Gasteiger partial charge in [-0.25, -0.2) is 0 Å². The molecule has 0 aromatic heterocycles. The van der Waals surface area contributed by atoms with Gasteiger partial charge >= 0.3 is 0 Å². The molecule has 0 spiro atoms. The van der Waals surface area contributed by atoms with Crippen LogP contribution in [0.1, 0.15) is 18.4 Å². The van der Waals surface area contributed by atoms with Crippen molar-refractivity contribution in [2.45, 2.75) is 19.3 Å². The number of unbranched alkanes of at least 4 members (excludes halogenated alkanes) is 1. The molecule has 0 radical (unpaired) electrons. The van der Waals surface area contributed by atoms with Gasteiger partial charge in [0.2, 0.25) is 0 Å². The second-order valence-corrected chi connectivity index (χ2v) is 5.31. The summed E-state index contributed by atoms with van der Waals surface area (Å²) in [7, 11) is 0. The van der Waals surface area contributed by atoms with E-state index in [1.54, 1.807) is 0 Å². The van der Waals surface area contributed by atoms with Crippen molar-refractivity contribution in [3.05, 3.63) is 66.2 Å². The summed E-state index contributed by atoms with van der Waals surface area (Å²) < 4.78 is 5.64. The van der Waals surface area contributed by atoms with Crippen molar-refractivity contribution in [3.8, 4) is 0 Å². The van der Waals surface area contributed by atoms with E-state index < -0.39 is 0 Å². The van der Waals surface area contributed by atoms with E-state index >= 15 is 0 Å². The molecular formula is C19H26IN3O. The number of benzene rings is 2. The first-order valence-electron chi connectivity index (χ1n) is 8.08. The SMILES string of the molecule is I.NC(=NCCCCOCCc1ccccc1)Nc1ccccc1. The van der Waals surface area contributed by atoms with E-state index in [0.717, 1.165) is 38.2 Å². The van der Waals surface area contributed by atoms with Crippen molar-refractivity contribution >= 4 is 35.6 Å². The number of para-hydroxylation sites is 1. The van der Waals surface area contributed by atoms with Crippen LogP contribution in [-0.4, -0.2) is 25.7 Å². The number of guanidine groups is 1. The van der Waals surface area contributed by atoms with Crippen molar-refractivity contribution in [1.82, 2.24) is 0 Å². The third-order valence-corrected chi connectivity index (χ3v) is 3.40. The molecule has 0 unspecified atom stereocenters. The lowest BCUT2D eigenvalue weighted by Crippen LogP contribution is -2.22. The molecule has 0 aliphatic carbocycles. The first-order valence-corrected chi connectivity index (χ1v) is 8.08. The van der Waals surface area contributed by atoms with Gasteiger partial charge in [0.1, 0.15) is 0 Å². The van der Waals surface area contributed by atoms with Gasteiger partial charge < -0.3 is 15.8 Å². The molecule has 0 bridgehead atoms. The molecule has 4 nitrogen and oxygen atoms in total. The van der Waals surface area contributed by atoms with Crippen LogP contribution in [0.3, 0.4) is 0 Å². The Hall–Kier alpha value is -1.60. The van der Waals surface area contributed by atoms with Crippen LogP contribution in [0.5, 0.6) is 0 Å². The number of hydrogen-bond acceptors (Lipinski definition) is 2. The van der Waals surface area contributed by atoms with Gasteiger partial charge in [0.15, 0.2) is 5.96 Å². The third-order valence-electron chi connectivity index (χ3n) is 3.40. The quantitative estimate of drug-likeness (QED) is 0.268. The molecule has 2 rings (SSSR count). The summed E-state index contributed by atoms with van der Waals surface area (Å²) in [6, 6.07) is 20.2. The predicted molar refractivity (Wildman–Crippen MR) is 112 cm³/mol. The van der Waals surface area contributed by atoms with Crippen molar-refractivity contribution in [3.63, 3.8) is 0 Å². The van der Waals surface area contributed by atoms with E-state index in [0.29, 0.717) is 12.5 Å². The Labute approximate surface area is 161 Å². The minimum atomic E-state index is 0. The molecule has 0 fully saturated rings. The van der Waals surface area contributed by atoms with Crippen LogP contribution in [0.15, 0.2) is 65.7 Å². The largest absolute Gasteiger partial charge is 0.381 e. The maximum absolute atomic E-state index is 5.84. The zero-order chi connectivity index (χ0) is 16.2. The standard InChI is InChI=1S/C19H25N3O.HI/c20-19(22-18-11-5-2-6-12-18)21-14-7-8-15-23-16-13-17-9-3-1-4-10-17;/h1-6,9-12H,7-8,13-16H2,(H3,20,21,22);1H. The molecule has 0 aliphatic heterocycles. The number of nitrogens with one attached hydrogen (secondary N) is 1. The van der Waals surface area contributed by atoms with Gasteiger partial charge in [-0.2, -0.15) is 0 Å². The number of ether oxygens (including phenoxy) is 1. The third kappa shape index (κ3) is 8.88. The lowest BCUT2D eigenvalue weighted by atomic mass is 10.2. The molecular weight excluding hydrogens is 413 g/mol. The molecule has 2 aromatic rings. The summed E-state index contributed by atoms with van der Waals surface area (Å²) in [6.07, 6.45) is 2.94. The minimum Gasteiger partial charge on any atom is -0.381 e. The van der Waals surface area contributed by atoms with Crippen LogP contribution in [0, 0.1) is 0 Å². The highest BCUT2D eigenvalue weighted by Gasteiger charge is 1.95. The van der Waals surface area contributed by atoms with E-state index in [4.69, 9.17) is 10.5 Å². The monoisotopic (exact) mass is 439 g/mol. The molecule has 0 heterocycles. The van der Waals surface area contributed by atoms with Gasteiger partial charge in [-0.3, -0.25) is 4.99 Å². The molecule has 0 saturated heterocycles. The van der Waals surface area contributed by atoms with Crippen LogP contribution < -0.4 is 11.1 Å². The van der Waals surface area contributed by atoms with Gasteiger partial charge in [-0.05, 0) is 37.0 Å². The predicted octanol–water partition coefficient (Wildman–Crippen LogP) is 4.07. The van der Waals surface area contributed by atoms with E-state index in [2.05, 4.69) is 34.6 Å². The van der Waals surface area contributed by atoms with Crippen LogP contribution in [0.25, 0.3) is 0 Å². The zero-order valence-electron chi connectivity index (χ0n) is 13.9. The van der Waals surface area contributed by atoms with Gasteiger partial charge in [-0.1, -0.05) is 48.5 Å². The van der Waals surface area contributed by atoms with Crippen LogP contribution in [0.2, 0.25) is 0 Å². The topological polar surface area (TPSA) is 59.6 Å². The smallest absolute Gasteiger partial charge is 0.193 e. The maximum atomic E-state index is 5.84. The Kier molecular flexibility index (Phi) is 10.9. The highest BCUT2D eigenvalue weighted by molar-refractivity contribution is 14.0. The molecule has 0 atom stereocenters. The van der Waals surface area contributed by atoms with Crippen LogP contribution in [0.4, 0.5) is 5.69 Å². The van der Waals surface area contributed by atoms with Crippen LogP contribution >= 0.6 is 24.0 Å². The van der Waals surface area contributed by atoms with E-state index in [1.807, 2.05) is 36.4 Å². The zero-order valence-corrected chi connectivity index (χ0v) is 16.2. The molecule has 24 heavy (non-hydrogen) atoms. The highest BCUT2D eigenvalue weighted by atomic mass is 127. The summed E-state index contributed by atoms with van der Waals surface area (Å²) in [5, 5.41) is 3.07. The van der Waals surface area contributed by atoms with E-state index in [1.165, 1.54) is 5.56 Å². The fraction of sp³-hybridized carbons (Fsp3) is 0.316. The summed E-state index contributed by atoms with van der Waals surface area (Å²) >= 11 is 0. The number of anilines is 1. The number of hydrogen-bond donors (Lipinski definition) is 2. The normalized spacial score (nSPS) is 10.9. The number of aliphatic imine (C=N–C) groups is 1.